The number of likely N-dealkylation sites (N-methyl/N-ethyl adjacent to an activating group) is 1. The first kappa shape index (κ1) is 13.7. The summed E-state index contributed by atoms with van der Waals surface area (Å²) in [5, 5.41) is 9.04. The monoisotopic (exact) mass is 288 g/mol. The van der Waals surface area contributed by atoms with Crippen molar-refractivity contribution in [1.29, 1.82) is 0 Å². The number of aromatic nitrogens is 1. The average molecular weight is 289 g/mol. The Morgan fingerprint density at radius 2 is 2.29 bits per heavy atom. The molecule has 0 saturated carbocycles. The van der Waals surface area contributed by atoms with Gasteiger partial charge in [-0.25, -0.2) is 4.98 Å². The molecule has 1 aliphatic heterocycles. The number of nitrogens with zero attached hydrogens (tertiary/aromatic N) is 1. The van der Waals surface area contributed by atoms with Crippen LogP contribution in [-0.2, 0) is 6.42 Å². The van der Waals surface area contributed by atoms with Gasteiger partial charge in [-0.15, -0.1) is 11.3 Å². The van der Waals surface area contributed by atoms with E-state index in [-0.39, 0.29) is 0 Å². The summed E-state index contributed by atoms with van der Waals surface area (Å²) in [4.78, 5) is 4.40. The molecule has 0 aromatic carbocycles. The summed E-state index contributed by atoms with van der Waals surface area (Å²) in [6.07, 6.45) is 2.97. The second-order valence-electron chi connectivity index (χ2n) is 4.44. The number of nitrogens with one attached hydrogen (secondary N) is 1. The van der Waals surface area contributed by atoms with Crippen molar-refractivity contribution in [2.24, 2.45) is 0 Å². The normalized spacial score (nSPS) is 31.4. The largest absolute Gasteiger partial charge is 0.315 e. The molecule has 4 atom stereocenters. The molecule has 1 aliphatic rings. The lowest BCUT2D eigenvalue weighted by Gasteiger charge is -2.35. The fourth-order valence-electron chi connectivity index (χ4n) is 1.98. The molecule has 0 aliphatic carbocycles. The van der Waals surface area contributed by atoms with Crippen LogP contribution in [0.3, 0.4) is 0 Å². The highest BCUT2D eigenvalue weighted by Gasteiger charge is 2.30. The van der Waals surface area contributed by atoms with Gasteiger partial charge >= 0.3 is 0 Å². The Bertz CT molecular complexity index is 329. The summed E-state index contributed by atoms with van der Waals surface area (Å²) < 4.78 is 0. The van der Waals surface area contributed by atoms with E-state index in [0.29, 0.717) is 11.3 Å². The van der Waals surface area contributed by atoms with Crippen LogP contribution in [0.2, 0.25) is 0 Å². The maximum atomic E-state index is 4.40. The minimum absolute atomic E-state index is 0.550. The van der Waals surface area contributed by atoms with Crippen molar-refractivity contribution in [2.45, 2.75) is 42.1 Å². The van der Waals surface area contributed by atoms with Gasteiger partial charge in [0.05, 0.1) is 5.01 Å². The number of rotatable bonds is 4. The third-order valence-electron chi connectivity index (χ3n) is 3.27. The topological polar surface area (TPSA) is 24.9 Å². The van der Waals surface area contributed by atoms with Crippen molar-refractivity contribution in [3.8, 4) is 0 Å². The van der Waals surface area contributed by atoms with E-state index >= 15 is 0 Å². The molecule has 5 heteroatoms. The maximum absolute atomic E-state index is 4.40. The molecule has 0 amide bonds. The number of hydrogen-bond acceptors (Lipinski definition) is 5. The molecule has 17 heavy (non-hydrogen) atoms. The zero-order chi connectivity index (χ0) is 12.3. The highest BCUT2D eigenvalue weighted by Crippen LogP contribution is 2.37. The van der Waals surface area contributed by atoms with Gasteiger partial charge in [-0.2, -0.15) is 23.5 Å². The van der Waals surface area contributed by atoms with E-state index in [1.807, 2.05) is 6.20 Å². The third kappa shape index (κ3) is 3.63. The van der Waals surface area contributed by atoms with Gasteiger partial charge < -0.3 is 5.32 Å². The quantitative estimate of drug-likeness (QED) is 0.921. The van der Waals surface area contributed by atoms with Gasteiger partial charge in [-0.05, 0) is 7.05 Å². The van der Waals surface area contributed by atoms with Gasteiger partial charge in [0.25, 0.3) is 0 Å². The van der Waals surface area contributed by atoms with Crippen molar-refractivity contribution < 1.29 is 0 Å². The first-order chi connectivity index (χ1) is 8.20. The fraction of sp³-hybridized carbons (Fsp3) is 0.750. The van der Waals surface area contributed by atoms with Crippen LogP contribution in [0.15, 0.2) is 11.6 Å². The molecule has 0 bridgehead atoms. The summed E-state index contributed by atoms with van der Waals surface area (Å²) in [6.45, 7) is 4.69. The van der Waals surface area contributed by atoms with Gasteiger partial charge in [-0.3, -0.25) is 0 Å². The van der Waals surface area contributed by atoms with E-state index < -0.39 is 0 Å². The van der Waals surface area contributed by atoms with E-state index in [1.54, 1.807) is 11.3 Å². The molecule has 2 nitrogen and oxygen atoms in total. The van der Waals surface area contributed by atoms with Crippen molar-refractivity contribution >= 4 is 34.9 Å². The Hall–Kier alpha value is 0.290. The third-order valence-corrected chi connectivity index (χ3v) is 7.62. The van der Waals surface area contributed by atoms with E-state index in [4.69, 9.17) is 0 Å². The average Bonchev–Trinajstić information content (AvgIpc) is 2.82. The van der Waals surface area contributed by atoms with Crippen LogP contribution in [0.1, 0.15) is 18.9 Å². The van der Waals surface area contributed by atoms with Crippen molar-refractivity contribution in [1.82, 2.24) is 10.3 Å². The SMILES string of the molecule is CNC(Cc1nccs1)C1CSC(C)C(C)S1. The fourth-order valence-corrected chi connectivity index (χ4v) is 5.83. The van der Waals surface area contributed by atoms with E-state index in [0.717, 1.165) is 16.9 Å². The Balaban J connectivity index is 1.94. The van der Waals surface area contributed by atoms with Gasteiger partial charge in [0.15, 0.2) is 0 Å². The molecule has 1 N–H and O–H groups in total. The van der Waals surface area contributed by atoms with Crippen molar-refractivity contribution in [2.75, 3.05) is 12.8 Å². The summed E-state index contributed by atoms with van der Waals surface area (Å²) in [5.74, 6) is 1.26. The first-order valence-corrected chi connectivity index (χ1v) is 8.90. The number of thioether (sulfide) groups is 2. The number of thiazole rings is 1. The van der Waals surface area contributed by atoms with Gasteiger partial charge in [0.1, 0.15) is 0 Å². The van der Waals surface area contributed by atoms with Gasteiger partial charge in [0.2, 0.25) is 0 Å². The standard InChI is InChI=1S/C12H20N2S3/c1-8-9(2)17-11(7-16-8)10(13-3)6-12-14-4-5-15-12/h4-5,8-11,13H,6-7H2,1-3H3. The molecule has 2 heterocycles. The summed E-state index contributed by atoms with van der Waals surface area (Å²) in [5.41, 5.74) is 0. The Morgan fingerprint density at radius 1 is 1.47 bits per heavy atom. The van der Waals surface area contributed by atoms with Crippen LogP contribution in [0, 0.1) is 0 Å². The van der Waals surface area contributed by atoms with Gasteiger partial charge in [-0.1, -0.05) is 13.8 Å². The van der Waals surface area contributed by atoms with E-state index in [1.165, 1.54) is 10.8 Å². The lowest BCUT2D eigenvalue weighted by molar-refractivity contribution is 0.553. The molecule has 1 aromatic rings. The molecule has 4 unspecified atom stereocenters. The minimum atomic E-state index is 0.550. The highest BCUT2D eigenvalue weighted by molar-refractivity contribution is 8.07. The Kier molecular flexibility index (Phi) is 5.21. The highest BCUT2D eigenvalue weighted by atomic mass is 32.2. The first-order valence-electron chi connectivity index (χ1n) is 6.03. The lowest BCUT2D eigenvalue weighted by atomic mass is 10.1. The van der Waals surface area contributed by atoms with Crippen LogP contribution in [0.25, 0.3) is 0 Å². The van der Waals surface area contributed by atoms with E-state index in [2.05, 4.69) is 60.1 Å². The minimum Gasteiger partial charge on any atom is -0.315 e. The molecule has 1 fully saturated rings. The lowest BCUT2D eigenvalue weighted by Crippen LogP contribution is -2.43. The van der Waals surface area contributed by atoms with Crippen molar-refractivity contribution in [3.05, 3.63) is 16.6 Å². The van der Waals surface area contributed by atoms with Crippen LogP contribution in [0.4, 0.5) is 0 Å². The second-order valence-corrected chi connectivity index (χ2v) is 8.45. The predicted octanol–water partition coefficient (Wildman–Crippen LogP) is 2.90. The summed E-state index contributed by atoms with van der Waals surface area (Å²) in [7, 11) is 2.08. The number of hydrogen-bond donors (Lipinski definition) is 1. The van der Waals surface area contributed by atoms with Crippen molar-refractivity contribution in [3.63, 3.8) is 0 Å². The van der Waals surface area contributed by atoms with Crippen LogP contribution in [-0.4, -0.2) is 39.6 Å². The van der Waals surface area contributed by atoms with Crippen LogP contribution >= 0.6 is 34.9 Å². The second kappa shape index (κ2) is 6.45. The predicted molar refractivity (Wildman–Crippen MR) is 81.4 cm³/mol. The van der Waals surface area contributed by atoms with Crippen LogP contribution in [0.5, 0.6) is 0 Å². The molecular formula is C12H20N2S3. The Labute approximate surface area is 116 Å². The summed E-state index contributed by atoms with van der Waals surface area (Å²) in [6, 6.07) is 0.550. The smallest absolute Gasteiger partial charge is 0.0940 e. The maximum Gasteiger partial charge on any atom is 0.0940 e. The molecule has 1 saturated heterocycles. The molecule has 0 spiro atoms. The van der Waals surface area contributed by atoms with E-state index in [9.17, 15) is 0 Å². The van der Waals surface area contributed by atoms with Gasteiger partial charge in [0, 0.05) is 45.5 Å². The molecule has 1 aromatic heterocycles. The molecule has 96 valence electrons. The molecular weight excluding hydrogens is 268 g/mol. The Morgan fingerprint density at radius 3 is 2.88 bits per heavy atom. The summed E-state index contributed by atoms with van der Waals surface area (Å²) >= 11 is 6.02. The zero-order valence-corrected chi connectivity index (χ0v) is 13.0. The molecule has 0 radical (unpaired) electrons. The van der Waals surface area contributed by atoms with Crippen LogP contribution < -0.4 is 5.32 Å². The molecule has 2 rings (SSSR count). The zero-order valence-electron chi connectivity index (χ0n) is 10.6.